The summed E-state index contributed by atoms with van der Waals surface area (Å²) in [4.78, 5) is 19.1. The summed E-state index contributed by atoms with van der Waals surface area (Å²) in [7, 11) is 0. The Morgan fingerprint density at radius 2 is 2.20 bits per heavy atom. The molecule has 0 radical (unpaired) electrons. The summed E-state index contributed by atoms with van der Waals surface area (Å²) in [6.07, 6.45) is 4.51. The van der Waals surface area contributed by atoms with E-state index in [1.165, 1.54) is 6.33 Å². The topological polar surface area (TPSA) is 90.8 Å². The summed E-state index contributed by atoms with van der Waals surface area (Å²) in [5.41, 5.74) is 0.651. The molecule has 25 heavy (non-hydrogen) atoms. The second-order valence-electron chi connectivity index (χ2n) is 5.70. The van der Waals surface area contributed by atoms with Crippen LogP contribution in [0.25, 0.3) is 0 Å². The van der Waals surface area contributed by atoms with Crippen LogP contribution >= 0.6 is 0 Å². The minimum atomic E-state index is -0.970. The van der Waals surface area contributed by atoms with Gasteiger partial charge in [-0.15, -0.1) is 0 Å². The Balaban J connectivity index is 1.82. The largest absolute Gasteiger partial charge is 0.481 e. The molecule has 7 nitrogen and oxygen atoms in total. The molecule has 0 aliphatic carbocycles. The van der Waals surface area contributed by atoms with Crippen molar-refractivity contribution in [3.8, 4) is 11.6 Å². The monoisotopic (exact) mass is 344 g/mol. The van der Waals surface area contributed by atoms with E-state index in [-0.39, 0.29) is 12.7 Å². The van der Waals surface area contributed by atoms with Crippen molar-refractivity contribution in [3.05, 3.63) is 48.4 Å². The van der Waals surface area contributed by atoms with Crippen LogP contribution < -0.4 is 9.47 Å². The molecular weight excluding hydrogens is 324 g/mol. The van der Waals surface area contributed by atoms with Crippen LogP contribution in [0.3, 0.4) is 0 Å². The summed E-state index contributed by atoms with van der Waals surface area (Å²) in [5.74, 6) is -0.0950. The molecule has 7 heteroatoms. The number of para-hydroxylation sites is 1. The van der Waals surface area contributed by atoms with Crippen molar-refractivity contribution in [2.75, 3.05) is 6.61 Å². The van der Waals surface area contributed by atoms with E-state index >= 15 is 0 Å². The van der Waals surface area contributed by atoms with Crippen LogP contribution in [0.15, 0.2) is 42.9 Å². The lowest BCUT2D eigenvalue weighted by Crippen LogP contribution is -2.26. The fourth-order valence-electron chi connectivity index (χ4n) is 2.67. The van der Waals surface area contributed by atoms with Crippen molar-refractivity contribution in [3.63, 3.8) is 0 Å². The van der Waals surface area contributed by atoms with Gasteiger partial charge < -0.3 is 19.3 Å². The number of rotatable bonds is 7. The van der Waals surface area contributed by atoms with Crippen molar-refractivity contribution in [2.45, 2.75) is 38.1 Å². The van der Waals surface area contributed by atoms with Gasteiger partial charge in [0.25, 0.3) is 0 Å². The zero-order valence-corrected chi connectivity index (χ0v) is 13.7. The van der Waals surface area contributed by atoms with E-state index in [1.54, 1.807) is 24.4 Å². The third-order valence-corrected chi connectivity index (χ3v) is 3.84. The summed E-state index contributed by atoms with van der Waals surface area (Å²) in [6.45, 7) is 0.669. The lowest BCUT2D eigenvalue weighted by atomic mass is 10.1. The Hall–Kier alpha value is -2.67. The quantitative estimate of drug-likeness (QED) is 0.825. The average molecular weight is 344 g/mol. The number of carbonyl (C=O) groups is 1. The molecule has 0 amide bonds. The molecule has 1 saturated heterocycles. The Bertz CT molecular complexity index is 689. The summed E-state index contributed by atoms with van der Waals surface area (Å²) in [5, 5.41) is 9.26. The Kier molecular flexibility index (Phi) is 5.79. The molecule has 132 valence electrons. The second-order valence-corrected chi connectivity index (χ2v) is 5.70. The molecule has 1 aromatic heterocycles. The SMILES string of the molecule is O=C(O)CC(Oc1ccncn1)c1ccccc1OC1CCCCO1. The number of carboxylic acids is 1. The highest BCUT2D eigenvalue weighted by Gasteiger charge is 2.24. The smallest absolute Gasteiger partial charge is 0.307 e. The summed E-state index contributed by atoms with van der Waals surface area (Å²) in [6, 6.07) is 8.84. The minimum Gasteiger partial charge on any atom is -0.481 e. The predicted octanol–water partition coefficient (Wildman–Crippen LogP) is 2.98. The van der Waals surface area contributed by atoms with Gasteiger partial charge in [-0.1, -0.05) is 18.2 Å². The van der Waals surface area contributed by atoms with Crippen LogP contribution in [0.5, 0.6) is 11.6 Å². The lowest BCUT2D eigenvalue weighted by Gasteiger charge is -2.26. The number of hydrogen-bond acceptors (Lipinski definition) is 6. The second kappa shape index (κ2) is 8.43. The molecule has 3 rings (SSSR count). The Morgan fingerprint density at radius 3 is 2.92 bits per heavy atom. The number of aliphatic carboxylic acids is 1. The molecule has 0 spiro atoms. The fourth-order valence-corrected chi connectivity index (χ4v) is 2.67. The maximum Gasteiger partial charge on any atom is 0.307 e. The average Bonchev–Trinajstić information content (AvgIpc) is 2.63. The normalized spacial score (nSPS) is 18.3. The number of hydrogen-bond donors (Lipinski definition) is 1. The number of carboxylic acid groups (broad SMARTS) is 1. The van der Waals surface area contributed by atoms with Crippen molar-refractivity contribution >= 4 is 5.97 Å². The van der Waals surface area contributed by atoms with E-state index < -0.39 is 12.1 Å². The molecule has 2 atom stereocenters. The molecule has 2 heterocycles. The number of nitrogens with zero attached hydrogens (tertiary/aromatic N) is 2. The number of aromatic nitrogens is 2. The number of benzene rings is 1. The highest BCUT2D eigenvalue weighted by atomic mass is 16.7. The standard InChI is InChI=1S/C18H20N2O5/c21-17(22)11-15(24-16-8-9-19-12-20-16)13-5-1-2-6-14(13)25-18-7-3-4-10-23-18/h1-2,5-6,8-9,12,15,18H,3-4,7,10-11H2,(H,21,22). The lowest BCUT2D eigenvalue weighted by molar-refractivity contribution is -0.139. The maximum atomic E-state index is 11.3. The van der Waals surface area contributed by atoms with Gasteiger partial charge in [0, 0.05) is 24.2 Å². The van der Waals surface area contributed by atoms with Crippen LogP contribution in [0.4, 0.5) is 0 Å². The van der Waals surface area contributed by atoms with Gasteiger partial charge in [0.15, 0.2) is 6.29 Å². The van der Waals surface area contributed by atoms with Gasteiger partial charge in [0.2, 0.25) is 5.88 Å². The van der Waals surface area contributed by atoms with Crippen LogP contribution in [0, 0.1) is 0 Å². The van der Waals surface area contributed by atoms with Gasteiger partial charge in [0.05, 0.1) is 13.0 Å². The third-order valence-electron chi connectivity index (χ3n) is 3.84. The molecule has 1 aliphatic heterocycles. The summed E-state index contributed by atoms with van der Waals surface area (Å²) < 4.78 is 17.4. The molecule has 0 saturated carbocycles. The third kappa shape index (κ3) is 4.90. The van der Waals surface area contributed by atoms with E-state index in [0.717, 1.165) is 19.3 Å². The first-order valence-electron chi connectivity index (χ1n) is 8.24. The Labute approximate surface area is 145 Å². The van der Waals surface area contributed by atoms with Crippen LogP contribution in [0.2, 0.25) is 0 Å². The Morgan fingerprint density at radius 1 is 1.32 bits per heavy atom. The molecule has 1 N–H and O–H groups in total. The van der Waals surface area contributed by atoms with Gasteiger partial charge in [0.1, 0.15) is 18.2 Å². The molecule has 1 aromatic carbocycles. The van der Waals surface area contributed by atoms with Crippen LogP contribution in [0.1, 0.15) is 37.4 Å². The number of ether oxygens (including phenoxy) is 3. The first-order chi connectivity index (χ1) is 12.2. The van der Waals surface area contributed by atoms with E-state index in [1.807, 2.05) is 12.1 Å². The zero-order chi connectivity index (χ0) is 17.5. The van der Waals surface area contributed by atoms with Crippen molar-refractivity contribution in [2.24, 2.45) is 0 Å². The van der Waals surface area contributed by atoms with Crippen LogP contribution in [-0.2, 0) is 9.53 Å². The molecule has 2 unspecified atom stereocenters. The first kappa shape index (κ1) is 17.2. The van der Waals surface area contributed by atoms with Crippen molar-refractivity contribution in [1.82, 2.24) is 9.97 Å². The maximum absolute atomic E-state index is 11.3. The molecule has 1 aliphatic rings. The van der Waals surface area contributed by atoms with Gasteiger partial charge in [-0.3, -0.25) is 4.79 Å². The van der Waals surface area contributed by atoms with Crippen molar-refractivity contribution < 1.29 is 24.1 Å². The van der Waals surface area contributed by atoms with Crippen molar-refractivity contribution in [1.29, 1.82) is 0 Å². The van der Waals surface area contributed by atoms with Gasteiger partial charge in [-0.2, -0.15) is 0 Å². The van der Waals surface area contributed by atoms with E-state index in [9.17, 15) is 9.90 Å². The highest BCUT2D eigenvalue weighted by Crippen LogP contribution is 2.32. The molecule has 1 fully saturated rings. The molecular formula is C18H20N2O5. The van der Waals surface area contributed by atoms with Crippen LogP contribution in [-0.4, -0.2) is 33.9 Å². The predicted molar refractivity (Wildman–Crippen MR) is 88.3 cm³/mol. The fraction of sp³-hybridized carbons (Fsp3) is 0.389. The van der Waals surface area contributed by atoms with Gasteiger partial charge in [-0.25, -0.2) is 9.97 Å². The highest BCUT2D eigenvalue weighted by molar-refractivity contribution is 5.68. The van der Waals surface area contributed by atoms with E-state index in [2.05, 4.69) is 9.97 Å². The van der Waals surface area contributed by atoms with Gasteiger partial charge in [-0.05, 0) is 18.9 Å². The van der Waals surface area contributed by atoms with E-state index in [0.29, 0.717) is 23.8 Å². The molecule has 2 aromatic rings. The minimum absolute atomic E-state index is 0.212. The van der Waals surface area contributed by atoms with Gasteiger partial charge >= 0.3 is 5.97 Å². The summed E-state index contributed by atoms with van der Waals surface area (Å²) >= 11 is 0. The van der Waals surface area contributed by atoms with E-state index in [4.69, 9.17) is 14.2 Å². The first-order valence-corrected chi connectivity index (χ1v) is 8.24. The molecule has 0 bridgehead atoms. The zero-order valence-electron chi connectivity index (χ0n) is 13.7.